The van der Waals surface area contributed by atoms with Crippen molar-refractivity contribution in [1.29, 1.82) is 0 Å². The van der Waals surface area contributed by atoms with E-state index in [1.165, 1.54) is 13.0 Å². The van der Waals surface area contributed by atoms with Gasteiger partial charge in [-0.1, -0.05) is 30.3 Å². The highest BCUT2D eigenvalue weighted by Crippen LogP contribution is 2.29. The van der Waals surface area contributed by atoms with Gasteiger partial charge in [-0.3, -0.25) is 14.5 Å². The van der Waals surface area contributed by atoms with E-state index in [4.69, 9.17) is 4.74 Å². The molecule has 1 amide bonds. The predicted octanol–water partition coefficient (Wildman–Crippen LogP) is 4.58. The molecule has 1 N–H and O–H groups in total. The number of hydrogen-bond acceptors (Lipinski definition) is 5. The van der Waals surface area contributed by atoms with Crippen molar-refractivity contribution in [1.82, 2.24) is 4.90 Å². The fourth-order valence-corrected chi connectivity index (χ4v) is 3.80. The number of carbonyl (C=O) groups excluding carboxylic acids is 2. The van der Waals surface area contributed by atoms with Crippen LogP contribution in [0.5, 0.6) is 11.5 Å². The van der Waals surface area contributed by atoms with Crippen LogP contribution in [0.1, 0.15) is 17.3 Å². The number of nitrogens with zero attached hydrogens (tertiary/aromatic N) is 2. The summed E-state index contributed by atoms with van der Waals surface area (Å²) in [5, 5.41) is 2.94. The Balaban J connectivity index is 1.32. The normalized spacial score (nSPS) is 14.1. The molecular formula is C26H26FN3O3. The van der Waals surface area contributed by atoms with Crippen molar-refractivity contribution in [3.63, 3.8) is 0 Å². The van der Waals surface area contributed by atoms with Crippen LogP contribution in [0.25, 0.3) is 0 Å². The molecule has 1 fully saturated rings. The zero-order chi connectivity index (χ0) is 23.2. The first-order valence-corrected chi connectivity index (χ1v) is 10.9. The first kappa shape index (κ1) is 22.5. The summed E-state index contributed by atoms with van der Waals surface area (Å²) >= 11 is 0. The number of nitrogens with one attached hydrogen (secondary N) is 1. The lowest BCUT2D eigenvalue weighted by Gasteiger charge is -2.35. The van der Waals surface area contributed by atoms with E-state index in [-0.39, 0.29) is 18.2 Å². The number of halogens is 1. The number of para-hydroxylation sites is 3. The van der Waals surface area contributed by atoms with Gasteiger partial charge in [0.2, 0.25) is 5.91 Å². The topological polar surface area (TPSA) is 61.9 Å². The molecule has 170 valence electrons. The number of hydrogen-bond donors (Lipinski definition) is 1. The second kappa shape index (κ2) is 10.3. The summed E-state index contributed by atoms with van der Waals surface area (Å²) in [7, 11) is 0. The molecule has 0 spiro atoms. The molecule has 6 nitrogen and oxygen atoms in total. The molecule has 0 bridgehead atoms. The highest BCUT2D eigenvalue weighted by molar-refractivity contribution is 5.94. The first-order chi connectivity index (χ1) is 16.0. The Hall–Kier alpha value is -3.71. The lowest BCUT2D eigenvalue weighted by molar-refractivity contribution is -0.117. The highest BCUT2D eigenvalue weighted by atomic mass is 19.1. The number of ketones is 1. The van der Waals surface area contributed by atoms with E-state index in [2.05, 4.69) is 5.32 Å². The smallest absolute Gasteiger partial charge is 0.238 e. The molecule has 1 heterocycles. The summed E-state index contributed by atoms with van der Waals surface area (Å²) < 4.78 is 20.4. The summed E-state index contributed by atoms with van der Waals surface area (Å²) in [5.74, 6) is 0.575. The third-order valence-corrected chi connectivity index (χ3v) is 5.57. The van der Waals surface area contributed by atoms with Crippen LogP contribution in [-0.2, 0) is 4.79 Å². The van der Waals surface area contributed by atoms with Gasteiger partial charge >= 0.3 is 0 Å². The third kappa shape index (κ3) is 5.75. The fraction of sp³-hybridized carbons (Fsp3) is 0.231. The standard InChI is InChI=1S/C26H26FN3O3/c1-19(31)20-11-12-24(22(27)17-20)30-15-13-29(14-16-30)18-26(32)28-23-9-5-6-10-25(23)33-21-7-3-2-4-8-21/h2-12,17H,13-16,18H2,1H3,(H,28,32). The summed E-state index contributed by atoms with van der Waals surface area (Å²) in [6.45, 7) is 4.10. The zero-order valence-electron chi connectivity index (χ0n) is 18.5. The number of carbonyl (C=O) groups is 2. The van der Waals surface area contributed by atoms with Crippen LogP contribution in [0.2, 0.25) is 0 Å². The van der Waals surface area contributed by atoms with Gasteiger partial charge in [0.05, 0.1) is 17.9 Å². The number of rotatable bonds is 7. The van der Waals surface area contributed by atoms with E-state index in [1.54, 1.807) is 12.1 Å². The maximum Gasteiger partial charge on any atom is 0.238 e. The van der Waals surface area contributed by atoms with E-state index in [0.717, 1.165) is 0 Å². The van der Waals surface area contributed by atoms with Crippen molar-refractivity contribution in [3.05, 3.63) is 84.2 Å². The maximum absolute atomic E-state index is 14.5. The molecule has 1 saturated heterocycles. The predicted molar refractivity (Wildman–Crippen MR) is 127 cm³/mol. The van der Waals surface area contributed by atoms with Gasteiger partial charge in [-0.2, -0.15) is 0 Å². The van der Waals surface area contributed by atoms with Crippen molar-refractivity contribution in [3.8, 4) is 11.5 Å². The monoisotopic (exact) mass is 447 g/mol. The Morgan fingerprint density at radius 1 is 0.939 bits per heavy atom. The summed E-state index contributed by atoms with van der Waals surface area (Å²) in [6, 6.07) is 21.3. The highest BCUT2D eigenvalue weighted by Gasteiger charge is 2.22. The van der Waals surface area contributed by atoms with E-state index in [9.17, 15) is 14.0 Å². The number of benzene rings is 3. The molecular weight excluding hydrogens is 421 g/mol. The van der Waals surface area contributed by atoms with Gasteiger partial charge in [-0.05, 0) is 49.4 Å². The molecule has 7 heteroatoms. The van der Waals surface area contributed by atoms with Gasteiger partial charge in [0.15, 0.2) is 11.5 Å². The minimum Gasteiger partial charge on any atom is -0.455 e. The SMILES string of the molecule is CC(=O)c1ccc(N2CCN(CC(=O)Nc3ccccc3Oc3ccccc3)CC2)c(F)c1. The average Bonchev–Trinajstić information content (AvgIpc) is 2.81. The Bertz CT molecular complexity index is 1130. The third-order valence-electron chi connectivity index (χ3n) is 5.57. The molecule has 0 saturated carbocycles. The minimum atomic E-state index is -0.399. The van der Waals surface area contributed by atoms with Gasteiger partial charge in [0, 0.05) is 31.7 Å². The lowest BCUT2D eigenvalue weighted by Crippen LogP contribution is -2.49. The molecule has 4 rings (SSSR count). The van der Waals surface area contributed by atoms with Crippen LogP contribution >= 0.6 is 0 Å². The Kier molecular flexibility index (Phi) is 7.00. The van der Waals surface area contributed by atoms with Crippen LogP contribution in [-0.4, -0.2) is 49.3 Å². The summed E-state index contributed by atoms with van der Waals surface area (Å²) in [6.07, 6.45) is 0. The molecule has 0 radical (unpaired) electrons. The average molecular weight is 448 g/mol. The second-order valence-corrected chi connectivity index (χ2v) is 7.95. The van der Waals surface area contributed by atoms with Crippen LogP contribution in [0, 0.1) is 5.82 Å². The lowest BCUT2D eigenvalue weighted by atomic mass is 10.1. The number of piperazine rings is 1. The molecule has 3 aromatic carbocycles. The van der Waals surface area contributed by atoms with Crippen molar-refractivity contribution in [2.45, 2.75) is 6.92 Å². The van der Waals surface area contributed by atoms with E-state index in [1.807, 2.05) is 64.4 Å². The molecule has 0 aliphatic carbocycles. The summed E-state index contributed by atoms with van der Waals surface area (Å²) in [4.78, 5) is 28.1. The minimum absolute atomic E-state index is 0.135. The largest absolute Gasteiger partial charge is 0.455 e. The Labute approximate surface area is 192 Å². The quantitative estimate of drug-likeness (QED) is 0.537. The fourth-order valence-electron chi connectivity index (χ4n) is 3.80. The molecule has 33 heavy (non-hydrogen) atoms. The first-order valence-electron chi connectivity index (χ1n) is 10.9. The van der Waals surface area contributed by atoms with Gasteiger partial charge in [-0.25, -0.2) is 4.39 Å². The molecule has 1 aliphatic heterocycles. The Morgan fingerprint density at radius 2 is 1.64 bits per heavy atom. The van der Waals surface area contributed by atoms with Gasteiger partial charge < -0.3 is 15.0 Å². The van der Waals surface area contributed by atoms with Gasteiger partial charge in [0.1, 0.15) is 11.6 Å². The van der Waals surface area contributed by atoms with Crippen LogP contribution in [0.15, 0.2) is 72.8 Å². The maximum atomic E-state index is 14.5. The van der Waals surface area contributed by atoms with Gasteiger partial charge in [-0.15, -0.1) is 0 Å². The molecule has 0 aromatic heterocycles. The number of ether oxygens (including phenoxy) is 1. The number of Topliss-reactive ketones (excluding diaryl/α,β-unsaturated/α-hetero) is 1. The Morgan fingerprint density at radius 3 is 2.33 bits per heavy atom. The van der Waals surface area contributed by atoms with Crippen molar-refractivity contribution < 1.29 is 18.7 Å². The van der Waals surface area contributed by atoms with E-state index >= 15 is 0 Å². The molecule has 3 aromatic rings. The van der Waals surface area contributed by atoms with Gasteiger partial charge in [0.25, 0.3) is 0 Å². The number of amides is 1. The molecule has 0 atom stereocenters. The van der Waals surface area contributed by atoms with Crippen molar-refractivity contribution >= 4 is 23.1 Å². The van der Waals surface area contributed by atoms with E-state index in [0.29, 0.717) is 54.6 Å². The second-order valence-electron chi connectivity index (χ2n) is 7.95. The summed E-state index contributed by atoms with van der Waals surface area (Å²) in [5.41, 5.74) is 1.46. The number of anilines is 2. The van der Waals surface area contributed by atoms with Crippen molar-refractivity contribution in [2.75, 3.05) is 42.9 Å². The molecule has 1 aliphatic rings. The van der Waals surface area contributed by atoms with Crippen LogP contribution in [0.4, 0.5) is 15.8 Å². The van der Waals surface area contributed by atoms with E-state index < -0.39 is 5.82 Å². The molecule has 0 unspecified atom stereocenters. The van der Waals surface area contributed by atoms with Crippen LogP contribution in [0.3, 0.4) is 0 Å². The van der Waals surface area contributed by atoms with Crippen molar-refractivity contribution in [2.24, 2.45) is 0 Å². The zero-order valence-corrected chi connectivity index (χ0v) is 18.5. The van der Waals surface area contributed by atoms with Crippen LogP contribution < -0.4 is 15.0 Å².